The number of carbonyl (C=O) groups is 4. The summed E-state index contributed by atoms with van der Waals surface area (Å²) in [7, 11) is 3.05. The van der Waals surface area contributed by atoms with Gasteiger partial charge in [0.2, 0.25) is 11.7 Å². The molecule has 2 amide bonds. The molecule has 4 rings (SSSR count). The predicted octanol–water partition coefficient (Wildman–Crippen LogP) is -1.01. The van der Waals surface area contributed by atoms with Crippen LogP contribution in [-0.2, 0) is 32.0 Å². The Morgan fingerprint density at radius 2 is 1.79 bits per heavy atom. The maximum absolute atomic E-state index is 13.7. The molecule has 0 aliphatic heterocycles. The van der Waals surface area contributed by atoms with Crippen molar-refractivity contribution in [2.24, 2.45) is 23.3 Å². The molecule has 34 heavy (non-hydrogen) atoms. The standard InChI is InChI=1S/C23H25N3O8/c1-26(2)17-11-6-9-5-10-8(7-13(24)28)3-4-12(27)15(10)18(29)14(9)20(31)23(11,34)21(32)16(19(17)30)22(25)33/h3-4,9,11,17,27,29,32,34H,5-7H2,1-2H3,(H2,24,28)(H2,25,33)/t9-,11-,17-,23-/m0/s1. The number of benzene rings is 1. The van der Waals surface area contributed by atoms with Gasteiger partial charge in [-0.2, -0.15) is 0 Å². The number of ketones is 2. The highest BCUT2D eigenvalue weighted by Gasteiger charge is 2.64. The van der Waals surface area contributed by atoms with Crippen LogP contribution in [0.15, 0.2) is 29.0 Å². The lowest BCUT2D eigenvalue weighted by atomic mass is 9.57. The predicted molar refractivity (Wildman–Crippen MR) is 117 cm³/mol. The van der Waals surface area contributed by atoms with Gasteiger partial charge < -0.3 is 31.9 Å². The van der Waals surface area contributed by atoms with Gasteiger partial charge in [0.15, 0.2) is 11.4 Å². The highest BCUT2D eigenvalue weighted by Crippen LogP contribution is 2.52. The Hall–Kier alpha value is -3.70. The summed E-state index contributed by atoms with van der Waals surface area (Å²) in [6.07, 6.45) is -0.0907. The van der Waals surface area contributed by atoms with Crippen LogP contribution in [0.5, 0.6) is 5.75 Å². The van der Waals surface area contributed by atoms with Crippen molar-refractivity contribution in [1.82, 2.24) is 4.90 Å². The van der Waals surface area contributed by atoms with Crippen LogP contribution in [-0.4, -0.2) is 74.4 Å². The summed E-state index contributed by atoms with van der Waals surface area (Å²) in [4.78, 5) is 51.6. The zero-order valence-electron chi connectivity index (χ0n) is 18.5. The average Bonchev–Trinajstić information content (AvgIpc) is 2.72. The quantitative estimate of drug-likeness (QED) is 0.297. The van der Waals surface area contributed by atoms with Crippen molar-refractivity contribution in [1.29, 1.82) is 0 Å². The average molecular weight is 471 g/mol. The minimum atomic E-state index is -2.69. The van der Waals surface area contributed by atoms with Crippen molar-refractivity contribution >= 4 is 29.1 Å². The fraction of sp³-hybridized carbons (Fsp3) is 0.391. The first-order chi connectivity index (χ1) is 15.8. The van der Waals surface area contributed by atoms with E-state index in [4.69, 9.17) is 11.5 Å². The van der Waals surface area contributed by atoms with Crippen LogP contribution >= 0.6 is 0 Å². The van der Waals surface area contributed by atoms with Gasteiger partial charge in [-0.1, -0.05) is 6.07 Å². The van der Waals surface area contributed by atoms with E-state index in [-0.39, 0.29) is 36.1 Å². The maximum Gasteiger partial charge on any atom is 0.255 e. The van der Waals surface area contributed by atoms with E-state index in [0.717, 1.165) is 0 Å². The topological polar surface area (TPSA) is 204 Å². The van der Waals surface area contributed by atoms with Gasteiger partial charge in [-0.15, -0.1) is 0 Å². The number of phenols is 1. The Morgan fingerprint density at radius 3 is 2.35 bits per heavy atom. The van der Waals surface area contributed by atoms with Gasteiger partial charge >= 0.3 is 0 Å². The van der Waals surface area contributed by atoms with Gasteiger partial charge in [0.25, 0.3) is 5.91 Å². The van der Waals surface area contributed by atoms with Crippen LogP contribution in [0.4, 0.5) is 0 Å². The molecule has 3 aliphatic carbocycles. The number of Topliss-reactive ketones (excluding diaryl/α,β-unsaturated/α-hetero) is 2. The first kappa shape index (κ1) is 23.5. The molecule has 180 valence electrons. The van der Waals surface area contributed by atoms with E-state index in [9.17, 15) is 39.6 Å². The van der Waals surface area contributed by atoms with Gasteiger partial charge in [0.05, 0.1) is 18.0 Å². The van der Waals surface area contributed by atoms with Crippen LogP contribution in [0, 0.1) is 11.8 Å². The number of likely N-dealkylation sites (N-methyl/N-ethyl adjacent to an activating group) is 1. The van der Waals surface area contributed by atoms with Crippen LogP contribution in [0.25, 0.3) is 5.76 Å². The number of aliphatic hydroxyl groups excluding tert-OH is 2. The van der Waals surface area contributed by atoms with E-state index in [1.165, 1.54) is 31.1 Å². The zero-order chi connectivity index (χ0) is 25.3. The molecule has 3 aliphatic rings. The highest BCUT2D eigenvalue weighted by atomic mass is 16.3. The number of aromatic hydroxyl groups is 1. The van der Waals surface area contributed by atoms with E-state index < -0.39 is 64.0 Å². The summed E-state index contributed by atoms with van der Waals surface area (Å²) in [5.41, 5.74) is 7.61. The van der Waals surface area contributed by atoms with Crippen molar-refractivity contribution in [2.45, 2.75) is 30.9 Å². The van der Waals surface area contributed by atoms with Gasteiger partial charge in [0.1, 0.15) is 22.8 Å². The minimum Gasteiger partial charge on any atom is -0.508 e. The monoisotopic (exact) mass is 471 g/mol. The lowest BCUT2D eigenvalue weighted by Crippen LogP contribution is -2.65. The molecule has 11 heteroatoms. The summed E-state index contributed by atoms with van der Waals surface area (Å²) >= 11 is 0. The lowest BCUT2D eigenvalue weighted by molar-refractivity contribution is -0.153. The molecule has 8 N–H and O–H groups in total. The number of phenolic OH excluding ortho intramolecular Hbond substituents is 1. The number of carbonyl (C=O) groups excluding carboxylic acids is 4. The molecular weight excluding hydrogens is 446 g/mol. The van der Waals surface area contributed by atoms with Crippen molar-refractivity contribution in [3.63, 3.8) is 0 Å². The molecule has 0 aromatic heterocycles. The minimum absolute atomic E-state index is 0.0303. The first-order valence-electron chi connectivity index (χ1n) is 10.6. The molecule has 0 radical (unpaired) electrons. The molecule has 0 unspecified atom stereocenters. The summed E-state index contributed by atoms with van der Waals surface area (Å²) in [5, 5.41) is 43.8. The molecule has 1 aromatic rings. The molecule has 0 heterocycles. The molecule has 11 nitrogen and oxygen atoms in total. The Bertz CT molecular complexity index is 1230. The SMILES string of the molecule is CN(C)[C@@H]1C(=O)C(C(N)=O)=C(O)[C@@]2(O)C(=O)C3=C(O)c4c(O)ccc(CC(N)=O)c4C[C@H]3C[C@@H]12. The Labute approximate surface area is 194 Å². The van der Waals surface area contributed by atoms with E-state index in [0.29, 0.717) is 11.1 Å². The van der Waals surface area contributed by atoms with Gasteiger partial charge in [-0.05, 0) is 50.0 Å². The number of rotatable bonds is 4. The Morgan fingerprint density at radius 1 is 1.15 bits per heavy atom. The second kappa shape index (κ2) is 7.67. The third kappa shape index (κ3) is 3.04. The second-order valence-corrected chi connectivity index (χ2v) is 9.20. The third-order valence-corrected chi connectivity index (χ3v) is 7.07. The smallest absolute Gasteiger partial charge is 0.255 e. The van der Waals surface area contributed by atoms with Crippen molar-refractivity contribution in [3.05, 3.63) is 45.7 Å². The molecule has 1 aromatic carbocycles. The number of nitrogens with zero attached hydrogens (tertiary/aromatic N) is 1. The van der Waals surface area contributed by atoms with Gasteiger partial charge in [-0.25, -0.2) is 0 Å². The van der Waals surface area contributed by atoms with Crippen LogP contribution < -0.4 is 11.5 Å². The molecule has 1 saturated carbocycles. The number of fused-ring (bicyclic) bond motifs is 3. The largest absolute Gasteiger partial charge is 0.508 e. The fourth-order valence-electron chi connectivity index (χ4n) is 5.66. The highest BCUT2D eigenvalue weighted by molar-refractivity contribution is 6.24. The normalized spacial score (nSPS) is 28.5. The van der Waals surface area contributed by atoms with Crippen LogP contribution in [0.3, 0.4) is 0 Å². The second-order valence-electron chi connectivity index (χ2n) is 9.20. The van der Waals surface area contributed by atoms with Crippen molar-refractivity contribution in [3.8, 4) is 5.75 Å². The molecular formula is C23H25N3O8. The molecule has 1 fully saturated rings. The number of hydrogen-bond acceptors (Lipinski definition) is 9. The number of hydrogen-bond donors (Lipinski definition) is 6. The summed E-state index contributed by atoms with van der Waals surface area (Å²) in [6, 6.07) is 1.59. The van der Waals surface area contributed by atoms with Crippen LogP contribution in [0.2, 0.25) is 0 Å². The van der Waals surface area contributed by atoms with E-state index in [1.54, 1.807) is 0 Å². The molecule has 0 bridgehead atoms. The Balaban J connectivity index is 1.97. The lowest BCUT2D eigenvalue weighted by Gasteiger charge is -2.50. The zero-order valence-corrected chi connectivity index (χ0v) is 18.5. The number of aliphatic hydroxyl groups is 3. The first-order valence-corrected chi connectivity index (χ1v) is 10.6. The number of nitrogens with two attached hydrogens (primary N) is 2. The summed E-state index contributed by atoms with van der Waals surface area (Å²) < 4.78 is 0. The number of amides is 2. The maximum atomic E-state index is 13.7. The third-order valence-electron chi connectivity index (χ3n) is 7.07. The van der Waals surface area contributed by atoms with E-state index >= 15 is 0 Å². The Kier molecular flexibility index (Phi) is 5.29. The van der Waals surface area contributed by atoms with Crippen LogP contribution in [0.1, 0.15) is 23.1 Å². The molecule has 0 saturated heterocycles. The van der Waals surface area contributed by atoms with Crippen molar-refractivity contribution in [2.75, 3.05) is 14.1 Å². The summed E-state index contributed by atoms with van der Waals surface area (Å²) in [6.45, 7) is 0. The van der Waals surface area contributed by atoms with Gasteiger partial charge in [0, 0.05) is 11.5 Å². The number of primary amides is 2. The van der Waals surface area contributed by atoms with Crippen molar-refractivity contribution < 1.29 is 39.6 Å². The van der Waals surface area contributed by atoms with Gasteiger partial charge in [-0.3, -0.25) is 24.1 Å². The molecule has 4 atom stereocenters. The fourth-order valence-corrected chi connectivity index (χ4v) is 5.66. The van der Waals surface area contributed by atoms with E-state index in [1.807, 2.05) is 0 Å². The molecule has 0 spiro atoms. The summed E-state index contributed by atoms with van der Waals surface area (Å²) in [5.74, 6) is -7.82. The van der Waals surface area contributed by atoms with E-state index in [2.05, 4.69) is 0 Å².